The van der Waals surface area contributed by atoms with Crippen LogP contribution in [0.15, 0.2) is 24.3 Å². The Morgan fingerprint density at radius 1 is 1.26 bits per heavy atom. The van der Waals surface area contributed by atoms with Crippen LogP contribution in [-0.4, -0.2) is 43.7 Å². The van der Waals surface area contributed by atoms with Crippen molar-refractivity contribution in [3.8, 4) is 5.75 Å². The fraction of sp³-hybridized carbons (Fsp3) is 0.600. The number of likely N-dealkylation sites (tertiary alicyclic amines) is 1. The van der Waals surface area contributed by atoms with E-state index in [2.05, 4.69) is 17.0 Å². The summed E-state index contributed by atoms with van der Waals surface area (Å²) in [5, 5.41) is 0. The summed E-state index contributed by atoms with van der Waals surface area (Å²) >= 11 is 0. The molecule has 2 rings (SSSR count). The lowest BCUT2D eigenvalue weighted by Crippen LogP contribution is -2.47. The Balaban J connectivity index is 2.03. The summed E-state index contributed by atoms with van der Waals surface area (Å²) in [6.07, 6.45) is 1.05. The zero-order chi connectivity index (χ0) is 13.7. The quantitative estimate of drug-likeness (QED) is 0.837. The minimum Gasteiger partial charge on any atom is -0.494 e. The molecule has 1 heterocycles. The lowest BCUT2D eigenvalue weighted by molar-refractivity contribution is 0.193. The van der Waals surface area contributed by atoms with Crippen molar-refractivity contribution in [3.05, 3.63) is 29.8 Å². The molecule has 4 nitrogen and oxygen atoms in total. The largest absolute Gasteiger partial charge is 0.494 e. The van der Waals surface area contributed by atoms with E-state index in [-0.39, 0.29) is 6.04 Å². The third-order valence-electron chi connectivity index (χ3n) is 3.67. The molecule has 0 spiro atoms. The van der Waals surface area contributed by atoms with Gasteiger partial charge >= 0.3 is 0 Å². The van der Waals surface area contributed by atoms with Gasteiger partial charge in [0.15, 0.2) is 0 Å². The van der Waals surface area contributed by atoms with Gasteiger partial charge in [-0.05, 0) is 37.0 Å². The fourth-order valence-corrected chi connectivity index (χ4v) is 2.84. The second-order valence-corrected chi connectivity index (χ2v) is 5.24. The van der Waals surface area contributed by atoms with E-state index in [1.807, 2.05) is 19.1 Å². The van der Waals surface area contributed by atoms with E-state index < -0.39 is 0 Å². The first-order valence-electron chi connectivity index (χ1n) is 7.13. The van der Waals surface area contributed by atoms with Gasteiger partial charge in [0.25, 0.3) is 0 Å². The number of rotatable bonds is 5. The van der Waals surface area contributed by atoms with Crippen molar-refractivity contribution >= 4 is 0 Å². The molecule has 4 heteroatoms. The third kappa shape index (κ3) is 3.93. The number of benzene rings is 1. The highest BCUT2D eigenvalue weighted by atomic mass is 16.5. The van der Waals surface area contributed by atoms with Gasteiger partial charge in [-0.1, -0.05) is 12.1 Å². The van der Waals surface area contributed by atoms with E-state index in [4.69, 9.17) is 16.2 Å². The number of hydrogen-bond donors (Lipinski definition) is 2. The molecule has 1 fully saturated rings. The van der Waals surface area contributed by atoms with Crippen molar-refractivity contribution in [2.24, 2.45) is 11.5 Å². The molecule has 0 aromatic heterocycles. The Bertz CT molecular complexity index is 379. The maximum absolute atomic E-state index is 6.15. The minimum absolute atomic E-state index is 0.247. The number of piperidine rings is 1. The monoisotopic (exact) mass is 263 g/mol. The molecule has 1 aromatic rings. The highest BCUT2D eigenvalue weighted by Crippen LogP contribution is 2.27. The van der Waals surface area contributed by atoms with Crippen LogP contribution in [0.4, 0.5) is 0 Å². The van der Waals surface area contributed by atoms with Crippen LogP contribution in [0.2, 0.25) is 0 Å². The number of hydrogen-bond acceptors (Lipinski definition) is 4. The lowest BCUT2D eigenvalue weighted by atomic mass is 9.88. The summed E-state index contributed by atoms with van der Waals surface area (Å²) in [6, 6.07) is 8.66. The van der Waals surface area contributed by atoms with Crippen molar-refractivity contribution in [1.82, 2.24) is 4.90 Å². The van der Waals surface area contributed by atoms with Gasteiger partial charge in [-0.25, -0.2) is 0 Å². The SMILES string of the molecule is CCOc1ccc(C2CC(N)CN(CCN)C2)cc1. The van der Waals surface area contributed by atoms with Crippen molar-refractivity contribution in [1.29, 1.82) is 0 Å². The fourth-order valence-electron chi connectivity index (χ4n) is 2.84. The van der Waals surface area contributed by atoms with Crippen molar-refractivity contribution in [3.63, 3.8) is 0 Å². The van der Waals surface area contributed by atoms with Gasteiger partial charge < -0.3 is 16.2 Å². The van der Waals surface area contributed by atoms with Crippen LogP contribution >= 0.6 is 0 Å². The molecule has 106 valence electrons. The standard InChI is InChI=1S/C15H25N3O/c1-2-19-15-5-3-12(4-6-15)13-9-14(17)11-18(10-13)8-7-16/h3-6,13-14H,2,7-11,16-17H2,1H3. The maximum atomic E-state index is 6.15. The van der Waals surface area contributed by atoms with Crippen LogP contribution in [0, 0.1) is 0 Å². The molecule has 0 aliphatic carbocycles. The second-order valence-electron chi connectivity index (χ2n) is 5.24. The normalized spacial score (nSPS) is 24.4. The molecular formula is C15H25N3O. The van der Waals surface area contributed by atoms with E-state index in [0.717, 1.165) is 31.8 Å². The highest BCUT2D eigenvalue weighted by Gasteiger charge is 2.25. The number of nitrogens with two attached hydrogens (primary N) is 2. The van der Waals surface area contributed by atoms with Gasteiger partial charge in [-0.15, -0.1) is 0 Å². The average molecular weight is 263 g/mol. The van der Waals surface area contributed by atoms with Gasteiger partial charge in [-0.2, -0.15) is 0 Å². The van der Waals surface area contributed by atoms with Gasteiger partial charge in [0.2, 0.25) is 0 Å². The smallest absolute Gasteiger partial charge is 0.119 e. The molecule has 1 aromatic carbocycles. The van der Waals surface area contributed by atoms with E-state index in [9.17, 15) is 0 Å². The molecule has 4 N–H and O–H groups in total. The number of nitrogens with zero attached hydrogens (tertiary/aromatic N) is 1. The summed E-state index contributed by atoms with van der Waals surface area (Å²) < 4.78 is 5.48. The summed E-state index contributed by atoms with van der Waals surface area (Å²) in [5.41, 5.74) is 13.1. The van der Waals surface area contributed by atoms with E-state index >= 15 is 0 Å². The van der Waals surface area contributed by atoms with Crippen molar-refractivity contribution < 1.29 is 4.74 Å². The van der Waals surface area contributed by atoms with Crippen molar-refractivity contribution in [2.75, 3.05) is 32.8 Å². The molecule has 1 saturated heterocycles. The van der Waals surface area contributed by atoms with Crippen LogP contribution in [0.3, 0.4) is 0 Å². The average Bonchev–Trinajstić information content (AvgIpc) is 2.40. The third-order valence-corrected chi connectivity index (χ3v) is 3.67. The van der Waals surface area contributed by atoms with Crippen LogP contribution in [0.25, 0.3) is 0 Å². The van der Waals surface area contributed by atoms with Crippen LogP contribution in [0.5, 0.6) is 5.75 Å². The first-order chi connectivity index (χ1) is 9.22. The van der Waals surface area contributed by atoms with Crippen LogP contribution in [-0.2, 0) is 0 Å². The Labute approximate surface area is 115 Å². The van der Waals surface area contributed by atoms with Gasteiger partial charge in [-0.3, -0.25) is 4.90 Å². The Hall–Kier alpha value is -1.10. The molecule has 2 atom stereocenters. The van der Waals surface area contributed by atoms with E-state index in [1.54, 1.807) is 0 Å². The second kappa shape index (κ2) is 6.89. The lowest BCUT2D eigenvalue weighted by Gasteiger charge is -2.36. The molecule has 1 aliphatic rings. The Morgan fingerprint density at radius 2 is 2.00 bits per heavy atom. The van der Waals surface area contributed by atoms with E-state index in [1.165, 1.54) is 5.56 Å². The highest BCUT2D eigenvalue weighted by molar-refractivity contribution is 5.30. The molecule has 0 bridgehead atoms. The molecule has 0 saturated carbocycles. The minimum atomic E-state index is 0.247. The summed E-state index contributed by atoms with van der Waals surface area (Å²) in [6.45, 7) is 6.35. The molecule has 0 amide bonds. The van der Waals surface area contributed by atoms with Crippen LogP contribution < -0.4 is 16.2 Å². The summed E-state index contributed by atoms with van der Waals surface area (Å²) in [5.74, 6) is 1.44. The zero-order valence-electron chi connectivity index (χ0n) is 11.7. The zero-order valence-corrected chi connectivity index (χ0v) is 11.7. The predicted molar refractivity (Wildman–Crippen MR) is 78.4 cm³/mol. The molecule has 1 aliphatic heterocycles. The summed E-state index contributed by atoms with van der Waals surface area (Å²) in [7, 11) is 0. The van der Waals surface area contributed by atoms with Gasteiger partial charge in [0.1, 0.15) is 5.75 Å². The Kier molecular flexibility index (Phi) is 5.19. The molecule has 19 heavy (non-hydrogen) atoms. The first kappa shape index (κ1) is 14.3. The van der Waals surface area contributed by atoms with Crippen LogP contribution in [0.1, 0.15) is 24.8 Å². The molecule has 0 radical (unpaired) electrons. The first-order valence-corrected chi connectivity index (χ1v) is 7.13. The van der Waals surface area contributed by atoms with Gasteiger partial charge in [0, 0.05) is 32.2 Å². The van der Waals surface area contributed by atoms with Crippen molar-refractivity contribution in [2.45, 2.75) is 25.3 Å². The maximum Gasteiger partial charge on any atom is 0.119 e. The van der Waals surface area contributed by atoms with E-state index in [0.29, 0.717) is 19.1 Å². The predicted octanol–water partition coefficient (Wildman–Crippen LogP) is 1.16. The van der Waals surface area contributed by atoms with Gasteiger partial charge in [0.05, 0.1) is 6.61 Å². The topological polar surface area (TPSA) is 64.5 Å². The number of ether oxygens (including phenoxy) is 1. The Morgan fingerprint density at radius 3 is 2.63 bits per heavy atom. The summed E-state index contributed by atoms with van der Waals surface area (Å²) in [4.78, 5) is 2.37. The molecule has 2 unspecified atom stereocenters. The molecular weight excluding hydrogens is 238 g/mol.